The maximum Gasteiger partial charge on any atom is 0.483 e. The number of allylic oxidation sites excluding steroid dienone is 4. The fraction of sp³-hybridized carbons (Fsp3) is 0.364. The number of nitrogens with two attached hydrogens (primary N) is 2. The summed E-state index contributed by atoms with van der Waals surface area (Å²) < 4.78 is 1.11. The third kappa shape index (κ3) is 9.27. The van der Waals surface area contributed by atoms with Crippen molar-refractivity contribution in [1.82, 2.24) is 9.97 Å². The first-order chi connectivity index (χ1) is 14.5. The number of nitrogen functional groups attached to an aromatic ring is 2. The molecule has 0 atom stereocenters. The minimum absolute atomic E-state index is 0.574. The van der Waals surface area contributed by atoms with Crippen LogP contribution in [-0.4, -0.2) is 27.1 Å². The molecule has 0 spiro atoms. The lowest BCUT2D eigenvalue weighted by Gasteiger charge is -2.12. The molecule has 0 bridgehead atoms. The van der Waals surface area contributed by atoms with Gasteiger partial charge in [0.15, 0.2) is 0 Å². The number of aromatic nitrogens is 2. The second-order valence-electron chi connectivity index (χ2n) is 7.25. The summed E-state index contributed by atoms with van der Waals surface area (Å²) in [7, 11) is -1.20. The van der Waals surface area contributed by atoms with Gasteiger partial charge in [0.25, 0.3) is 0 Å². The van der Waals surface area contributed by atoms with Crippen LogP contribution in [0.2, 0.25) is 0 Å². The zero-order valence-electron chi connectivity index (χ0n) is 17.2. The molecule has 0 amide bonds. The molecular formula is C22H30BIN4O2. The molecule has 0 aliphatic heterocycles. The molecule has 160 valence electrons. The van der Waals surface area contributed by atoms with Crippen LogP contribution < -0.4 is 11.5 Å². The Balaban J connectivity index is 0.000000167. The minimum atomic E-state index is -1.20. The van der Waals surface area contributed by atoms with Crippen LogP contribution in [0.3, 0.4) is 0 Å². The maximum absolute atomic E-state index is 8.66. The number of hydrogen-bond acceptors (Lipinski definition) is 6. The van der Waals surface area contributed by atoms with Gasteiger partial charge in [-0.15, -0.1) is 0 Å². The average Bonchev–Trinajstić information content (AvgIpc) is 2.78. The van der Waals surface area contributed by atoms with Gasteiger partial charge in [-0.3, -0.25) is 0 Å². The van der Waals surface area contributed by atoms with E-state index in [2.05, 4.69) is 44.7 Å². The van der Waals surface area contributed by atoms with Crippen molar-refractivity contribution in [1.29, 1.82) is 0 Å². The summed E-state index contributed by atoms with van der Waals surface area (Å²) in [4.78, 5) is 7.94. The van der Waals surface area contributed by atoms with E-state index < -0.39 is 7.12 Å². The monoisotopic (exact) mass is 520 g/mol. The van der Waals surface area contributed by atoms with Crippen molar-refractivity contribution in [3.63, 3.8) is 0 Å². The van der Waals surface area contributed by atoms with Crippen molar-refractivity contribution in [2.75, 3.05) is 11.5 Å². The molecule has 6 nitrogen and oxygen atoms in total. The molecular weight excluding hydrogens is 490 g/mol. The Hall–Kier alpha value is -1.91. The quantitative estimate of drug-likeness (QED) is 0.345. The summed E-state index contributed by atoms with van der Waals surface area (Å²) in [6.07, 6.45) is 17.0. The van der Waals surface area contributed by atoms with E-state index in [1.54, 1.807) is 12.3 Å². The van der Waals surface area contributed by atoms with Crippen LogP contribution in [0.5, 0.6) is 0 Å². The van der Waals surface area contributed by atoms with Gasteiger partial charge < -0.3 is 21.5 Å². The second-order valence-corrected chi connectivity index (χ2v) is 8.49. The van der Waals surface area contributed by atoms with Crippen molar-refractivity contribution in [2.24, 2.45) is 0 Å². The van der Waals surface area contributed by atoms with E-state index in [1.807, 2.05) is 24.4 Å². The van der Waals surface area contributed by atoms with Gasteiger partial charge in [0.1, 0.15) is 11.6 Å². The van der Waals surface area contributed by atoms with Crippen LogP contribution in [-0.2, 0) is 0 Å². The predicted octanol–water partition coefficient (Wildman–Crippen LogP) is 4.39. The van der Waals surface area contributed by atoms with Crippen molar-refractivity contribution < 1.29 is 10.0 Å². The molecule has 6 N–H and O–H groups in total. The molecule has 0 unspecified atom stereocenters. The summed E-state index contributed by atoms with van der Waals surface area (Å²) >= 11 is 2.18. The van der Waals surface area contributed by atoms with Crippen molar-refractivity contribution in [3.05, 3.63) is 63.4 Å². The standard InChI is InChI=1S/C11H14N2.C6H11BO2.C5H5IN2/c12-11-7-6-10(8-13-11)9-4-2-1-3-5-9;8-7(9)6-4-2-1-3-5-6;6-4-1-2-5(7)8-3-4/h4,6-8H,1-3,5H2,(H2,12,13);4,8-9H,1-3,5H2;1-3H,(H2,7,8). The van der Waals surface area contributed by atoms with E-state index >= 15 is 0 Å². The molecule has 2 aromatic rings. The molecule has 0 radical (unpaired) electrons. The van der Waals surface area contributed by atoms with Crippen LogP contribution >= 0.6 is 22.6 Å². The summed E-state index contributed by atoms with van der Waals surface area (Å²) in [6.45, 7) is 0. The number of pyridine rings is 2. The largest absolute Gasteiger partial charge is 0.483 e. The fourth-order valence-electron chi connectivity index (χ4n) is 3.18. The van der Waals surface area contributed by atoms with E-state index in [4.69, 9.17) is 21.5 Å². The van der Waals surface area contributed by atoms with Gasteiger partial charge in [-0.1, -0.05) is 12.2 Å². The van der Waals surface area contributed by atoms with Crippen LogP contribution in [0.25, 0.3) is 5.57 Å². The Morgan fingerprint density at radius 1 is 0.800 bits per heavy atom. The van der Waals surface area contributed by atoms with E-state index in [-0.39, 0.29) is 0 Å². The molecule has 0 saturated carbocycles. The third-order valence-electron chi connectivity index (χ3n) is 4.86. The van der Waals surface area contributed by atoms with Crippen LogP contribution in [0.1, 0.15) is 56.9 Å². The Bertz CT molecular complexity index is 803. The van der Waals surface area contributed by atoms with E-state index in [1.165, 1.54) is 43.2 Å². The highest BCUT2D eigenvalue weighted by atomic mass is 127. The molecule has 0 aromatic carbocycles. The molecule has 2 aliphatic carbocycles. The summed E-state index contributed by atoms with van der Waals surface area (Å²) in [5.41, 5.74) is 14.3. The number of rotatable bonds is 2. The lowest BCUT2D eigenvalue weighted by molar-refractivity contribution is 0.414. The average molecular weight is 520 g/mol. The lowest BCUT2D eigenvalue weighted by Crippen LogP contribution is -2.16. The number of nitrogens with zero attached hydrogens (tertiary/aromatic N) is 2. The first-order valence-corrected chi connectivity index (χ1v) is 11.4. The minimum Gasteiger partial charge on any atom is -0.423 e. The van der Waals surface area contributed by atoms with Crippen molar-refractivity contribution in [3.8, 4) is 0 Å². The lowest BCUT2D eigenvalue weighted by atomic mass is 9.74. The highest BCUT2D eigenvalue weighted by Crippen LogP contribution is 2.26. The molecule has 8 heteroatoms. The predicted molar refractivity (Wildman–Crippen MR) is 133 cm³/mol. The van der Waals surface area contributed by atoms with E-state index in [9.17, 15) is 0 Å². The molecule has 30 heavy (non-hydrogen) atoms. The van der Waals surface area contributed by atoms with Gasteiger partial charge in [0, 0.05) is 16.0 Å². The van der Waals surface area contributed by atoms with Crippen LogP contribution in [0, 0.1) is 3.57 Å². The number of halogens is 1. The van der Waals surface area contributed by atoms with Gasteiger partial charge in [0.2, 0.25) is 0 Å². The normalized spacial score (nSPS) is 15.4. The highest BCUT2D eigenvalue weighted by Gasteiger charge is 2.15. The highest BCUT2D eigenvalue weighted by molar-refractivity contribution is 14.1. The molecule has 0 fully saturated rings. The Morgan fingerprint density at radius 2 is 1.43 bits per heavy atom. The number of anilines is 2. The van der Waals surface area contributed by atoms with Crippen molar-refractivity contribution >= 4 is 46.9 Å². The molecule has 0 saturated heterocycles. The SMILES string of the molecule is Nc1ccc(C2=CCCCC2)cn1.Nc1ccc(I)cn1.OB(O)C1=CCCCC1. The van der Waals surface area contributed by atoms with Crippen LogP contribution in [0.15, 0.2) is 54.3 Å². The fourth-order valence-corrected chi connectivity index (χ4v) is 3.50. The zero-order valence-corrected chi connectivity index (χ0v) is 19.3. The first kappa shape index (κ1) is 24.4. The van der Waals surface area contributed by atoms with Gasteiger partial charge in [-0.2, -0.15) is 0 Å². The summed E-state index contributed by atoms with van der Waals surface area (Å²) in [5, 5.41) is 17.3. The maximum atomic E-state index is 8.66. The van der Waals surface area contributed by atoms with Gasteiger partial charge >= 0.3 is 7.12 Å². The Kier molecular flexibility index (Phi) is 10.9. The number of hydrogen-bond donors (Lipinski definition) is 4. The molecule has 2 aliphatic rings. The summed E-state index contributed by atoms with van der Waals surface area (Å²) in [5.74, 6) is 1.17. The topological polar surface area (TPSA) is 118 Å². The van der Waals surface area contributed by atoms with E-state index in [0.717, 1.165) is 28.3 Å². The van der Waals surface area contributed by atoms with E-state index in [0.29, 0.717) is 11.6 Å². The Morgan fingerprint density at radius 3 is 1.83 bits per heavy atom. The van der Waals surface area contributed by atoms with Gasteiger partial charge in [-0.05, 0) is 115 Å². The van der Waals surface area contributed by atoms with Gasteiger partial charge in [-0.25, -0.2) is 9.97 Å². The van der Waals surface area contributed by atoms with Gasteiger partial charge in [0.05, 0.1) is 0 Å². The summed E-state index contributed by atoms with van der Waals surface area (Å²) in [6, 6.07) is 7.62. The molecule has 2 aromatic heterocycles. The second kappa shape index (κ2) is 13.4. The Labute approximate surface area is 192 Å². The molecule has 4 rings (SSSR count). The van der Waals surface area contributed by atoms with Crippen LogP contribution in [0.4, 0.5) is 11.6 Å². The van der Waals surface area contributed by atoms with Crippen molar-refractivity contribution in [2.45, 2.75) is 51.4 Å². The molecule has 2 heterocycles. The zero-order chi connectivity index (χ0) is 21.8. The third-order valence-corrected chi connectivity index (χ3v) is 5.49. The smallest absolute Gasteiger partial charge is 0.423 e. The first-order valence-electron chi connectivity index (χ1n) is 10.3.